The zero-order valence-electron chi connectivity index (χ0n) is 11.8. The Morgan fingerprint density at radius 2 is 2.16 bits per heavy atom. The quantitative estimate of drug-likeness (QED) is 0.630. The third-order valence-corrected chi connectivity index (χ3v) is 4.02. The van der Waals surface area contributed by atoms with Crippen LogP contribution in [-0.2, 0) is 0 Å². The van der Waals surface area contributed by atoms with E-state index in [2.05, 4.69) is 31.2 Å². The van der Waals surface area contributed by atoms with Gasteiger partial charge in [0.1, 0.15) is 5.82 Å². The summed E-state index contributed by atoms with van der Waals surface area (Å²) >= 11 is 0. The Hall–Kier alpha value is -1.62. The number of carbonyl (C=O) groups excluding carboxylic acids is 1. The molecule has 1 aromatic rings. The molecule has 2 heterocycles. The van der Waals surface area contributed by atoms with E-state index in [1.807, 2.05) is 4.90 Å². The van der Waals surface area contributed by atoms with Crippen molar-refractivity contribution in [3.63, 3.8) is 0 Å². The summed E-state index contributed by atoms with van der Waals surface area (Å²) in [5.74, 6) is 6.97. The smallest absolute Gasteiger partial charge is 0.255 e. The maximum Gasteiger partial charge on any atom is 0.255 e. The highest BCUT2D eigenvalue weighted by Gasteiger charge is 2.32. The van der Waals surface area contributed by atoms with Crippen LogP contribution in [0, 0.1) is 11.8 Å². The minimum Gasteiger partial charge on any atom is -0.335 e. The lowest BCUT2D eigenvalue weighted by atomic mass is 9.85. The lowest BCUT2D eigenvalue weighted by molar-refractivity contribution is 0.0455. The van der Waals surface area contributed by atoms with Gasteiger partial charge in [-0.05, 0) is 37.3 Å². The van der Waals surface area contributed by atoms with Gasteiger partial charge >= 0.3 is 0 Å². The first kappa shape index (κ1) is 13.8. The molecule has 1 aliphatic heterocycles. The highest BCUT2D eigenvalue weighted by molar-refractivity contribution is 5.94. The van der Waals surface area contributed by atoms with E-state index in [-0.39, 0.29) is 11.9 Å². The number of nitrogens with zero attached hydrogens (tertiary/aromatic N) is 2. The third kappa shape index (κ3) is 2.87. The Balaban J connectivity index is 2.17. The lowest BCUT2D eigenvalue weighted by Gasteiger charge is -2.41. The average Bonchev–Trinajstić information content (AvgIpc) is 2.42. The van der Waals surface area contributed by atoms with E-state index in [0.717, 1.165) is 6.54 Å². The fourth-order valence-electron chi connectivity index (χ4n) is 2.75. The minimum atomic E-state index is 0.0574. The number of nitrogens with one attached hydrogen (secondary N) is 1. The predicted molar refractivity (Wildman–Crippen MR) is 75.5 cm³/mol. The maximum atomic E-state index is 12.5. The van der Waals surface area contributed by atoms with Crippen LogP contribution in [0.2, 0.25) is 0 Å². The Morgan fingerprint density at radius 1 is 1.42 bits per heavy atom. The maximum absolute atomic E-state index is 12.5. The van der Waals surface area contributed by atoms with E-state index in [9.17, 15) is 4.79 Å². The summed E-state index contributed by atoms with van der Waals surface area (Å²) in [5, 5.41) is 0. The lowest BCUT2D eigenvalue weighted by Crippen LogP contribution is -2.48. The van der Waals surface area contributed by atoms with Crippen LogP contribution in [0.25, 0.3) is 0 Å². The van der Waals surface area contributed by atoms with Gasteiger partial charge in [0.2, 0.25) is 0 Å². The van der Waals surface area contributed by atoms with Crippen molar-refractivity contribution in [2.45, 2.75) is 33.2 Å². The van der Waals surface area contributed by atoms with Crippen LogP contribution < -0.4 is 11.3 Å². The van der Waals surface area contributed by atoms with Crippen LogP contribution in [0.1, 0.15) is 37.6 Å². The molecular formula is C14H22N4O. The fourth-order valence-corrected chi connectivity index (χ4v) is 2.75. The van der Waals surface area contributed by atoms with Crippen molar-refractivity contribution in [2.75, 3.05) is 12.0 Å². The molecule has 0 aromatic carbocycles. The first-order chi connectivity index (χ1) is 9.02. The van der Waals surface area contributed by atoms with Gasteiger partial charge in [-0.1, -0.05) is 13.8 Å². The number of rotatable bonds is 2. The molecule has 0 spiro atoms. The number of aromatic nitrogens is 1. The molecule has 0 saturated carbocycles. The summed E-state index contributed by atoms with van der Waals surface area (Å²) in [4.78, 5) is 18.6. The average molecular weight is 262 g/mol. The molecule has 2 rings (SSSR count). The summed E-state index contributed by atoms with van der Waals surface area (Å²) < 4.78 is 0. The first-order valence-corrected chi connectivity index (χ1v) is 6.76. The van der Waals surface area contributed by atoms with Crippen LogP contribution in [0.5, 0.6) is 0 Å². The summed E-state index contributed by atoms with van der Waals surface area (Å²) in [7, 11) is 0. The zero-order valence-corrected chi connectivity index (χ0v) is 11.8. The van der Waals surface area contributed by atoms with E-state index >= 15 is 0 Å². The fraction of sp³-hybridized carbons (Fsp3) is 0.571. The molecule has 0 bridgehead atoms. The predicted octanol–water partition coefficient (Wildman–Crippen LogP) is 1.87. The highest BCUT2D eigenvalue weighted by atomic mass is 16.2. The third-order valence-electron chi connectivity index (χ3n) is 4.02. The molecule has 1 saturated heterocycles. The molecule has 3 N–H and O–H groups in total. The number of hydrazine groups is 1. The molecule has 0 aliphatic carbocycles. The Morgan fingerprint density at radius 3 is 2.74 bits per heavy atom. The number of likely N-dealkylation sites (tertiary alicyclic amines) is 1. The van der Waals surface area contributed by atoms with E-state index in [4.69, 9.17) is 5.84 Å². The molecule has 1 aliphatic rings. The van der Waals surface area contributed by atoms with Crippen molar-refractivity contribution in [3.05, 3.63) is 23.9 Å². The number of hydrogen-bond donors (Lipinski definition) is 2. The number of nitrogen functional groups attached to an aromatic ring is 1. The van der Waals surface area contributed by atoms with Gasteiger partial charge in [0.15, 0.2) is 0 Å². The van der Waals surface area contributed by atoms with Gasteiger partial charge in [-0.2, -0.15) is 0 Å². The van der Waals surface area contributed by atoms with E-state index in [0.29, 0.717) is 23.2 Å². The van der Waals surface area contributed by atoms with Crippen molar-refractivity contribution in [1.29, 1.82) is 0 Å². The van der Waals surface area contributed by atoms with Crippen molar-refractivity contribution in [3.8, 4) is 0 Å². The minimum absolute atomic E-state index is 0.0574. The topological polar surface area (TPSA) is 71.2 Å². The van der Waals surface area contributed by atoms with Crippen molar-refractivity contribution >= 4 is 11.7 Å². The number of anilines is 1. The van der Waals surface area contributed by atoms with Crippen LogP contribution >= 0.6 is 0 Å². The Kier molecular flexibility index (Phi) is 4.04. The van der Waals surface area contributed by atoms with Gasteiger partial charge < -0.3 is 10.3 Å². The van der Waals surface area contributed by atoms with Gasteiger partial charge in [-0.25, -0.2) is 10.8 Å². The van der Waals surface area contributed by atoms with Crippen LogP contribution in [0.4, 0.5) is 5.82 Å². The van der Waals surface area contributed by atoms with Crippen LogP contribution in [-0.4, -0.2) is 28.4 Å². The zero-order chi connectivity index (χ0) is 14.0. The van der Waals surface area contributed by atoms with Gasteiger partial charge in [0.25, 0.3) is 5.91 Å². The van der Waals surface area contributed by atoms with Gasteiger partial charge in [-0.3, -0.25) is 4.79 Å². The molecule has 1 amide bonds. The van der Waals surface area contributed by atoms with Crippen molar-refractivity contribution in [1.82, 2.24) is 9.88 Å². The summed E-state index contributed by atoms with van der Waals surface area (Å²) in [6.07, 6.45) is 2.76. The van der Waals surface area contributed by atoms with E-state index in [1.165, 1.54) is 6.42 Å². The number of amides is 1. The Labute approximate surface area is 114 Å². The highest BCUT2D eigenvalue weighted by Crippen LogP contribution is 2.28. The summed E-state index contributed by atoms with van der Waals surface area (Å²) in [6.45, 7) is 7.35. The summed E-state index contributed by atoms with van der Waals surface area (Å²) in [5.41, 5.74) is 3.08. The molecule has 1 aromatic heterocycles. The number of pyridine rings is 1. The number of piperidine rings is 1. The molecule has 19 heavy (non-hydrogen) atoms. The van der Waals surface area contributed by atoms with Crippen LogP contribution in [0.15, 0.2) is 18.3 Å². The monoisotopic (exact) mass is 262 g/mol. The van der Waals surface area contributed by atoms with E-state index < -0.39 is 0 Å². The molecule has 5 heteroatoms. The molecule has 3 unspecified atom stereocenters. The molecular weight excluding hydrogens is 240 g/mol. The molecule has 1 fully saturated rings. The standard InChI is InChI=1S/C14H22N4O/c1-9-6-10(2)11(3)18(8-9)14(19)12-4-5-13(17-15)16-7-12/h4-5,7,9-11H,6,8,15H2,1-3H3,(H,16,17). The van der Waals surface area contributed by atoms with Crippen molar-refractivity contribution < 1.29 is 4.79 Å². The molecule has 5 nitrogen and oxygen atoms in total. The number of nitrogens with two attached hydrogens (primary N) is 1. The number of hydrogen-bond acceptors (Lipinski definition) is 4. The SMILES string of the molecule is CC1CC(C)C(C)N(C(=O)c2ccc(NN)nc2)C1. The normalized spacial score (nSPS) is 27.2. The van der Waals surface area contributed by atoms with Crippen molar-refractivity contribution in [2.24, 2.45) is 17.7 Å². The second kappa shape index (κ2) is 5.57. The molecule has 3 atom stereocenters. The second-order valence-corrected chi connectivity index (χ2v) is 5.59. The summed E-state index contributed by atoms with van der Waals surface area (Å²) in [6, 6.07) is 3.76. The van der Waals surface area contributed by atoms with Gasteiger partial charge in [0.05, 0.1) is 5.56 Å². The largest absolute Gasteiger partial charge is 0.335 e. The van der Waals surface area contributed by atoms with Gasteiger partial charge in [0, 0.05) is 18.8 Å². The van der Waals surface area contributed by atoms with E-state index in [1.54, 1.807) is 18.3 Å². The first-order valence-electron chi connectivity index (χ1n) is 6.76. The van der Waals surface area contributed by atoms with Gasteiger partial charge in [-0.15, -0.1) is 0 Å². The second-order valence-electron chi connectivity index (χ2n) is 5.59. The molecule has 0 radical (unpaired) electrons. The Bertz CT molecular complexity index is 445. The number of carbonyl (C=O) groups is 1. The molecule has 104 valence electrons. The van der Waals surface area contributed by atoms with Crippen LogP contribution in [0.3, 0.4) is 0 Å².